The quantitative estimate of drug-likeness (QED) is 0.800. The molecule has 0 saturated heterocycles. The van der Waals surface area contributed by atoms with Crippen LogP contribution in [0.15, 0.2) is 42.5 Å². The fraction of sp³-hybridized carbons (Fsp3) is 0.312. The van der Waals surface area contributed by atoms with Gasteiger partial charge in [-0.05, 0) is 38.3 Å². The average molecular weight is 271 g/mol. The molecule has 0 aliphatic rings. The van der Waals surface area contributed by atoms with Crippen molar-refractivity contribution < 1.29 is 4.79 Å². The molecule has 106 valence electrons. The third-order valence-electron chi connectivity index (χ3n) is 3.26. The summed E-state index contributed by atoms with van der Waals surface area (Å²) in [5.74, 6) is 0. The highest BCUT2D eigenvalue weighted by atomic mass is 16.2. The standard InChI is InChI=1S/C16H21N3O/c1-16(2,10-11-17)19-15(20)18-14-9-5-7-12-6-3-4-8-13(12)14/h3-9H,10-11,17H2,1-2H3,(H2,18,19,20). The Labute approximate surface area is 119 Å². The van der Waals surface area contributed by atoms with Gasteiger partial charge in [0, 0.05) is 10.9 Å². The van der Waals surface area contributed by atoms with E-state index < -0.39 is 0 Å². The van der Waals surface area contributed by atoms with E-state index in [1.165, 1.54) is 0 Å². The molecule has 0 aliphatic carbocycles. The molecule has 20 heavy (non-hydrogen) atoms. The minimum atomic E-state index is -0.316. The zero-order chi connectivity index (χ0) is 14.6. The van der Waals surface area contributed by atoms with E-state index in [1.54, 1.807) is 0 Å². The first kappa shape index (κ1) is 14.3. The summed E-state index contributed by atoms with van der Waals surface area (Å²) < 4.78 is 0. The summed E-state index contributed by atoms with van der Waals surface area (Å²) in [6.07, 6.45) is 0.732. The Kier molecular flexibility index (Phi) is 4.25. The number of anilines is 1. The van der Waals surface area contributed by atoms with Crippen molar-refractivity contribution in [1.82, 2.24) is 5.32 Å². The van der Waals surface area contributed by atoms with Gasteiger partial charge in [0.25, 0.3) is 0 Å². The molecule has 0 heterocycles. The number of amides is 2. The molecule has 2 aromatic carbocycles. The molecule has 0 radical (unpaired) electrons. The van der Waals surface area contributed by atoms with Crippen LogP contribution in [0.5, 0.6) is 0 Å². The number of fused-ring (bicyclic) bond motifs is 1. The fourth-order valence-electron chi connectivity index (χ4n) is 2.22. The third kappa shape index (κ3) is 3.48. The summed E-state index contributed by atoms with van der Waals surface area (Å²) in [7, 11) is 0. The molecule has 0 saturated carbocycles. The number of nitrogens with two attached hydrogens (primary N) is 1. The number of rotatable bonds is 4. The van der Waals surface area contributed by atoms with E-state index in [0.717, 1.165) is 22.9 Å². The maximum atomic E-state index is 12.1. The Morgan fingerprint density at radius 3 is 2.60 bits per heavy atom. The van der Waals surface area contributed by atoms with E-state index in [9.17, 15) is 4.79 Å². The second kappa shape index (κ2) is 5.92. The van der Waals surface area contributed by atoms with Gasteiger partial charge >= 0.3 is 6.03 Å². The second-order valence-electron chi connectivity index (χ2n) is 5.53. The number of hydrogen-bond donors (Lipinski definition) is 3. The molecule has 2 aromatic rings. The van der Waals surface area contributed by atoms with Crippen molar-refractivity contribution >= 4 is 22.5 Å². The topological polar surface area (TPSA) is 67.1 Å². The molecule has 4 nitrogen and oxygen atoms in total. The number of nitrogens with one attached hydrogen (secondary N) is 2. The van der Waals surface area contributed by atoms with E-state index in [1.807, 2.05) is 56.3 Å². The van der Waals surface area contributed by atoms with Crippen molar-refractivity contribution in [2.24, 2.45) is 5.73 Å². The first-order valence-corrected chi connectivity index (χ1v) is 6.79. The number of benzene rings is 2. The van der Waals surface area contributed by atoms with Crippen LogP contribution in [-0.2, 0) is 0 Å². The molecular weight excluding hydrogens is 250 g/mol. The summed E-state index contributed by atoms with van der Waals surface area (Å²) in [6, 6.07) is 13.6. The summed E-state index contributed by atoms with van der Waals surface area (Å²) in [5, 5.41) is 7.98. The Hall–Kier alpha value is -2.07. The first-order chi connectivity index (χ1) is 9.52. The third-order valence-corrected chi connectivity index (χ3v) is 3.26. The van der Waals surface area contributed by atoms with Crippen LogP contribution in [-0.4, -0.2) is 18.1 Å². The number of hydrogen-bond acceptors (Lipinski definition) is 2. The lowest BCUT2D eigenvalue weighted by atomic mass is 10.0. The van der Waals surface area contributed by atoms with Crippen molar-refractivity contribution in [3.05, 3.63) is 42.5 Å². The van der Waals surface area contributed by atoms with Gasteiger partial charge in [-0.15, -0.1) is 0 Å². The Morgan fingerprint density at radius 2 is 1.85 bits per heavy atom. The van der Waals surface area contributed by atoms with Gasteiger partial charge in [0.05, 0.1) is 5.69 Å². The molecule has 4 heteroatoms. The molecule has 0 atom stereocenters. The summed E-state index contributed by atoms with van der Waals surface area (Å²) >= 11 is 0. The van der Waals surface area contributed by atoms with Crippen LogP contribution in [0.1, 0.15) is 20.3 Å². The summed E-state index contributed by atoms with van der Waals surface area (Å²) in [4.78, 5) is 12.1. The lowest BCUT2D eigenvalue weighted by Gasteiger charge is -2.25. The van der Waals surface area contributed by atoms with Gasteiger partial charge in [0.1, 0.15) is 0 Å². The Balaban J connectivity index is 2.14. The van der Waals surface area contributed by atoms with Crippen LogP contribution in [0.3, 0.4) is 0 Å². The predicted molar refractivity (Wildman–Crippen MR) is 83.9 cm³/mol. The number of carbonyl (C=O) groups excluding carboxylic acids is 1. The largest absolute Gasteiger partial charge is 0.333 e. The van der Waals surface area contributed by atoms with Gasteiger partial charge in [0.15, 0.2) is 0 Å². The monoisotopic (exact) mass is 271 g/mol. The SMILES string of the molecule is CC(C)(CCN)NC(=O)Nc1cccc2ccccc12. The highest BCUT2D eigenvalue weighted by molar-refractivity contribution is 6.01. The molecule has 0 unspecified atom stereocenters. The molecule has 2 rings (SSSR count). The van der Waals surface area contributed by atoms with Gasteiger partial charge in [-0.25, -0.2) is 4.79 Å². The predicted octanol–water partition coefficient (Wildman–Crippen LogP) is 3.09. The maximum Gasteiger partial charge on any atom is 0.319 e. The second-order valence-corrected chi connectivity index (χ2v) is 5.53. The normalized spacial score (nSPS) is 11.3. The summed E-state index contributed by atoms with van der Waals surface area (Å²) in [5.41, 5.74) is 6.04. The Bertz CT molecular complexity index is 602. The molecule has 4 N–H and O–H groups in total. The van der Waals surface area contributed by atoms with Crippen molar-refractivity contribution in [2.75, 3.05) is 11.9 Å². The van der Waals surface area contributed by atoms with Gasteiger partial charge in [-0.2, -0.15) is 0 Å². The van der Waals surface area contributed by atoms with Crippen molar-refractivity contribution in [1.29, 1.82) is 0 Å². The first-order valence-electron chi connectivity index (χ1n) is 6.79. The Morgan fingerprint density at radius 1 is 1.15 bits per heavy atom. The highest BCUT2D eigenvalue weighted by Crippen LogP contribution is 2.23. The van der Waals surface area contributed by atoms with Crippen LogP contribution in [0.2, 0.25) is 0 Å². The smallest absolute Gasteiger partial charge is 0.319 e. The van der Waals surface area contributed by atoms with Crippen LogP contribution in [0.25, 0.3) is 10.8 Å². The molecule has 2 amide bonds. The highest BCUT2D eigenvalue weighted by Gasteiger charge is 2.19. The fourth-order valence-corrected chi connectivity index (χ4v) is 2.22. The minimum absolute atomic E-state index is 0.209. The minimum Gasteiger partial charge on any atom is -0.333 e. The average Bonchev–Trinajstić information content (AvgIpc) is 2.38. The van der Waals surface area contributed by atoms with Gasteiger partial charge in [0.2, 0.25) is 0 Å². The molecular formula is C16H21N3O. The zero-order valence-electron chi connectivity index (χ0n) is 11.9. The van der Waals surface area contributed by atoms with Gasteiger partial charge in [-0.3, -0.25) is 0 Å². The number of carbonyl (C=O) groups is 1. The van der Waals surface area contributed by atoms with Crippen LogP contribution in [0, 0.1) is 0 Å². The lowest BCUT2D eigenvalue weighted by molar-refractivity contribution is 0.240. The van der Waals surface area contributed by atoms with E-state index in [2.05, 4.69) is 10.6 Å². The van der Waals surface area contributed by atoms with Gasteiger partial charge in [-0.1, -0.05) is 36.4 Å². The molecule has 0 bridgehead atoms. The lowest BCUT2D eigenvalue weighted by Crippen LogP contribution is -2.46. The van der Waals surface area contributed by atoms with Crippen molar-refractivity contribution in [3.63, 3.8) is 0 Å². The number of urea groups is 1. The van der Waals surface area contributed by atoms with Crippen LogP contribution >= 0.6 is 0 Å². The maximum absolute atomic E-state index is 12.1. The van der Waals surface area contributed by atoms with Crippen LogP contribution in [0.4, 0.5) is 10.5 Å². The van der Waals surface area contributed by atoms with Crippen molar-refractivity contribution in [2.45, 2.75) is 25.8 Å². The van der Waals surface area contributed by atoms with E-state index in [-0.39, 0.29) is 11.6 Å². The van der Waals surface area contributed by atoms with E-state index in [0.29, 0.717) is 6.54 Å². The molecule has 0 aromatic heterocycles. The van der Waals surface area contributed by atoms with Gasteiger partial charge < -0.3 is 16.4 Å². The van der Waals surface area contributed by atoms with E-state index in [4.69, 9.17) is 5.73 Å². The summed E-state index contributed by atoms with van der Waals surface area (Å²) in [6.45, 7) is 4.46. The van der Waals surface area contributed by atoms with Crippen molar-refractivity contribution in [3.8, 4) is 0 Å². The van der Waals surface area contributed by atoms with E-state index >= 15 is 0 Å². The molecule has 0 fully saturated rings. The molecule has 0 aliphatic heterocycles. The van der Waals surface area contributed by atoms with Crippen LogP contribution < -0.4 is 16.4 Å². The zero-order valence-corrected chi connectivity index (χ0v) is 11.9. The molecule has 0 spiro atoms.